The zero-order valence-corrected chi connectivity index (χ0v) is 12.5. The van der Waals surface area contributed by atoms with E-state index in [9.17, 15) is 9.59 Å². The molecule has 2 amide bonds. The van der Waals surface area contributed by atoms with E-state index in [1.807, 2.05) is 0 Å². The van der Waals surface area contributed by atoms with Gasteiger partial charge < -0.3 is 20.2 Å². The van der Waals surface area contributed by atoms with Crippen molar-refractivity contribution in [3.8, 4) is 0 Å². The van der Waals surface area contributed by atoms with Gasteiger partial charge >= 0.3 is 12.0 Å². The fourth-order valence-corrected chi connectivity index (χ4v) is 1.93. The van der Waals surface area contributed by atoms with E-state index < -0.39 is 5.97 Å². The number of unbranched alkanes of at least 4 members (excludes halogenated alkanes) is 5. The summed E-state index contributed by atoms with van der Waals surface area (Å²) < 4.78 is 5.03. The van der Waals surface area contributed by atoms with Gasteiger partial charge in [0, 0.05) is 6.54 Å². The van der Waals surface area contributed by atoms with Crippen LogP contribution in [0.2, 0.25) is 0 Å². The Hall–Kier alpha value is -1.98. The number of urea groups is 1. The van der Waals surface area contributed by atoms with Crippen LogP contribution in [-0.2, 0) is 6.54 Å². The van der Waals surface area contributed by atoms with Crippen LogP contribution in [0.1, 0.15) is 61.8 Å². The van der Waals surface area contributed by atoms with E-state index in [4.69, 9.17) is 9.52 Å². The summed E-state index contributed by atoms with van der Waals surface area (Å²) in [6.07, 6.45) is 7.07. The molecule has 0 saturated heterocycles. The molecule has 0 aliphatic rings. The summed E-state index contributed by atoms with van der Waals surface area (Å²) in [7, 11) is 0. The SMILES string of the molecule is CCCCCCCCNC(=O)NCc1ccc(C(=O)O)o1. The minimum absolute atomic E-state index is 0.126. The van der Waals surface area contributed by atoms with Crippen LogP contribution in [0, 0.1) is 0 Å². The molecule has 6 heteroatoms. The van der Waals surface area contributed by atoms with Gasteiger partial charge in [0.25, 0.3) is 0 Å². The van der Waals surface area contributed by atoms with Crippen molar-refractivity contribution in [1.29, 1.82) is 0 Å². The number of hydrogen-bond donors (Lipinski definition) is 3. The average molecular weight is 296 g/mol. The third-order valence-electron chi connectivity index (χ3n) is 3.11. The molecule has 0 saturated carbocycles. The van der Waals surface area contributed by atoms with E-state index in [2.05, 4.69) is 17.6 Å². The van der Waals surface area contributed by atoms with Crippen molar-refractivity contribution in [2.24, 2.45) is 0 Å². The standard InChI is InChI=1S/C15H24N2O4/c1-2-3-4-5-6-7-10-16-15(20)17-11-12-8-9-13(21-12)14(18)19/h8-9H,2-7,10-11H2,1H3,(H,18,19)(H2,16,17,20). The first-order valence-electron chi connectivity index (χ1n) is 7.47. The monoisotopic (exact) mass is 296 g/mol. The first-order valence-corrected chi connectivity index (χ1v) is 7.47. The number of carboxylic acid groups (broad SMARTS) is 1. The van der Waals surface area contributed by atoms with Crippen LogP contribution in [0.3, 0.4) is 0 Å². The van der Waals surface area contributed by atoms with Crippen LogP contribution in [0.4, 0.5) is 4.79 Å². The Balaban J connectivity index is 2.06. The number of carbonyl (C=O) groups excluding carboxylic acids is 1. The molecule has 0 spiro atoms. The molecular weight excluding hydrogens is 272 g/mol. The lowest BCUT2D eigenvalue weighted by atomic mass is 10.1. The van der Waals surface area contributed by atoms with Crippen molar-refractivity contribution in [1.82, 2.24) is 10.6 Å². The Bertz CT molecular complexity index is 443. The summed E-state index contributed by atoms with van der Waals surface area (Å²) in [5.41, 5.74) is 0. The van der Waals surface area contributed by atoms with Gasteiger partial charge in [0.15, 0.2) is 0 Å². The predicted octanol–water partition coefficient (Wildman–Crippen LogP) is 3.14. The Morgan fingerprint density at radius 3 is 2.48 bits per heavy atom. The quantitative estimate of drug-likeness (QED) is 0.578. The second-order valence-corrected chi connectivity index (χ2v) is 4.95. The maximum Gasteiger partial charge on any atom is 0.371 e. The molecule has 1 aromatic rings. The van der Waals surface area contributed by atoms with Crippen molar-refractivity contribution in [3.63, 3.8) is 0 Å². The number of amides is 2. The number of carboxylic acids is 1. The van der Waals surface area contributed by atoms with Crippen molar-refractivity contribution in [2.45, 2.75) is 52.0 Å². The maximum absolute atomic E-state index is 11.5. The number of nitrogens with one attached hydrogen (secondary N) is 2. The Labute approximate surface area is 124 Å². The van der Waals surface area contributed by atoms with Crippen LogP contribution in [-0.4, -0.2) is 23.7 Å². The molecule has 0 aliphatic carbocycles. The summed E-state index contributed by atoms with van der Waals surface area (Å²) in [4.78, 5) is 22.1. The molecule has 0 aliphatic heterocycles. The second kappa shape index (κ2) is 9.85. The van der Waals surface area contributed by atoms with Crippen LogP contribution >= 0.6 is 0 Å². The smallest absolute Gasteiger partial charge is 0.371 e. The number of hydrogen-bond acceptors (Lipinski definition) is 3. The lowest BCUT2D eigenvalue weighted by Crippen LogP contribution is -2.35. The Morgan fingerprint density at radius 1 is 1.10 bits per heavy atom. The number of rotatable bonds is 10. The molecule has 0 bridgehead atoms. The van der Waals surface area contributed by atoms with E-state index in [1.54, 1.807) is 0 Å². The fraction of sp³-hybridized carbons (Fsp3) is 0.600. The largest absolute Gasteiger partial charge is 0.475 e. The minimum Gasteiger partial charge on any atom is -0.475 e. The molecule has 21 heavy (non-hydrogen) atoms. The van der Waals surface area contributed by atoms with E-state index >= 15 is 0 Å². The van der Waals surface area contributed by atoms with Crippen molar-refractivity contribution < 1.29 is 19.1 Å². The van der Waals surface area contributed by atoms with Gasteiger partial charge in [-0.2, -0.15) is 0 Å². The third kappa shape index (κ3) is 7.39. The van der Waals surface area contributed by atoms with Crippen molar-refractivity contribution in [2.75, 3.05) is 6.54 Å². The predicted molar refractivity (Wildman–Crippen MR) is 79.3 cm³/mol. The van der Waals surface area contributed by atoms with Gasteiger partial charge in [-0.05, 0) is 18.6 Å². The summed E-state index contributed by atoms with van der Waals surface area (Å²) in [5.74, 6) is -0.824. The van der Waals surface area contributed by atoms with Crippen molar-refractivity contribution >= 4 is 12.0 Å². The molecule has 6 nitrogen and oxygen atoms in total. The molecule has 1 rings (SSSR count). The zero-order chi connectivity index (χ0) is 15.5. The first kappa shape index (κ1) is 17.1. The second-order valence-electron chi connectivity index (χ2n) is 4.95. The molecule has 1 aromatic heterocycles. The first-order chi connectivity index (χ1) is 10.1. The number of aromatic carboxylic acids is 1. The fourth-order valence-electron chi connectivity index (χ4n) is 1.93. The van der Waals surface area contributed by atoms with E-state index in [1.165, 1.54) is 37.8 Å². The van der Waals surface area contributed by atoms with Crippen LogP contribution < -0.4 is 10.6 Å². The Morgan fingerprint density at radius 2 is 1.81 bits per heavy atom. The summed E-state index contributed by atoms with van der Waals surface area (Å²) in [5, 5.41) is 14.1. The van der Waals surface area contributed by atoms with Gasteiger partial charge in [0.05, 0.1) is 6.54 Å². The molecule has 0 fully saturated rings. The molecule has 118 valence electrons. The number of carbonyl (C=O) groups is 2. The van der Waals surface area contributed by atoms with Crippen molar-refractivity contribution in [3.05, 3.63) is 23.7 Å². The Kier molecular flexibility index (Phi) is 8.01. The summed E-state index contributed by atoms with van der Waals surface area (Å²) in [6.45, 7) is 3.01. The van der Waals surface area contributed by atoms with Gasteiger partial charge in [0.2, 0.25) is 5.76 Å². The van der Waals surface area contributed by atoms with E-state index in [0.29, 0.717) is 12.3 Å². The zero-order valence-electron chi connectivity index (χ0n) is 12.5. The van der Waals surface area contributed by atoms with E-state index in [0.717, 1.165) is 12.8 Å². The lowest BCUT2D eigenvalue weighted by molar-refractivity contribution is 0.0660. The highest BCUT2D eigenvalue weighted by Gasteiger charge is 2.09. The molecule has 0 radical (unpaired) electrons. The molecule has 0 aromatic carbocycles. The summed E-state index contributed by atoms with van der Waals surface area (Å²) in [6, 6.07) is 2.64. The number of furan rings is 1. The molecule has 0 atom stereocenters. The van der Waals surface area contributed by atoms with Gasteiger partial charge in [-0.15, -0.1) is 0 Å². The van der Waals surface area contributed by atoms with Gasteiger partial charge in [-0.25, -0.2) is 9.59 Å². The van der Waals surface area contributed by atoms with Crippen LogP contribution in [0.25, 0.3) is 0 Å². The van der Waals surface area contributed by atoms with Crippen LogP contribution in [0.15, 0.2) is 16.5 Å². The average Bonchev–Trinajstić information content (AvgIpc) is 2.93. The maximum atomic E-state index is 11.5. The molecular formula is C15H24N2O4. The van der Waals surface area contributed by atoms with Crippen LogP contribution in [0.5, 0.6) is 0 Å². The normalized spacial score (nSPS) is 10.3. The summed E-state index contributed by atoms with van der Waals surface area (Å²) >= 11 is 0. The molecule has 3 N–H and O–H groups in total. The lowest BCUT2D eigenvalue weighted by Gasteiger charge is -2.06. The molecule has 1 heterocycles. The highest BCUT2D eigenvalue weighted by molar-refractivity contribution is 5.84. The van der Waals surface area contributed by atoms with Gasteiger partial charge in [0.1, 0.15) is 5.76 Å². The van der Waals surface area contributed by atoms with Gasteiger partial charge in [-0.3, -0.25) is 0 Å². The highest BCUT2D eigenvalue weighted by atomic mass is 16.4. The van der Waals surface area contributed by atoms with Gasteiger partial charge in [-0.1, -0.05) is 39.0 Å². The molecule has 0 unspecified atom stereocenters. The van der Waals surface area contributed by atoms with E-state index in [-0.39, 0.29) is 18.3 Å². The topological polar surface area (TPSA) is 91.6 Å². The minimum atomic E-state index is -1.12. The highest BCUT2D eigenvalue weighted by Crippen LogP contribution is 2.07. The third-order valence-corrected chi connectivity index (χ3v) is 3.11.